The summed E-state index contributed by atoms with van der Waals surface area (Å²) in [6, 6.07) is 0. The molecule has 0 aromatic carbocycles. The van der Waals surface area contributed by atoms with E-state index in [1.54, 1.807) is 0 Å². The fourth-order valence-electron chi connectivity index (χ4n) is 0. The van der Waals surface area contributed by atoms with E-state index >= 15 is 0 Å². The van der Waals surface area contributed by atoms with Crippen molar-refractivity contribution in [2.75, 3.05) is 0 Å². The Kier molecular flexibility index (Phi) is 135. The van der Waals surface area contributed by atoms with Crippen LogP contribution in [0.5, 0.6) is 0 Å². The summed E-state index contributed by atoms with van der Waals surface area (Å²) < 4.78 is 0. The van der Waals surface area contributed by atoms with Crippen LogP contribution in [0.1, 0.15) is 0 Å². The molecule has 0 heterocycles. The Hall–Kier alpha value is 2.58. The molecule has 0 spiro atoms. The fourth-order valence-corrected chi connectivity index (χ4v) is 0. The van der Waals surface area contributed by atoms with E-state index in [9.17, 15) is 0 Å². The minimum Gasteiger partial charge on any atom is 0 e. The maximum atomic E-state index is 0. The molecule has 0 saturated carbocycles. The molecule has 0 aromatic heterocycles. The van der Waals surface area contributed by atoms with E-state index in [4.69, 9.17) is 0 Å². The fraction of sp³-hybridized carbons (Fsp3) is 0. The second-order valence-electron chi connectivity index (χ2n) is 0. The van der Waals surface area contributed by atoms with Crippen molar-refractivity contribution in [2.45, 2.75) is 0 Å². The average Bonchev–Trinajstić information content (AvgIpc) is 0. The molecule has 0 bridgehead atoms. The molecular formula is H9AsGaInMn. The molecule has 0 aliphatic carbocycles. The Morgan fingerprint density at radius 1 is 1.00 bits per heavy atom. The van der Waals surface area contributed by atoms with E-state index < -0.39 is 0 Å². The van der Waals surface area contributed by atoms with Crippen molar-refractivity contribution in [3.05, 3.63) is 0 Å². The van der Waals surface area contributed by atoms with Crippen molar-refractivity contribution in [2.24, 2.45) is 0 Å². The van der Waals surface area contributed by atoms with Gasteiger partial charge in [0.15, 0.2) is 0 Å². The summed E-state index contributed by atoms with van der Waals surface area (Å²) in [5.74, 6) is 0. The van der Waals surface area contributed by atoms with E-state index in [0.717, 1.165) is 0 Å². The Morgan fingerprint density at radius 2 is 1.00 bits per heavy atom. The van der Waals surface area contributed by atoms with Gasteiger partial charge in [0.25, 0.3) is 0 Å². The third kappa shape index (κ3) is 8.82. The Labute approximate surface area is 79.5 Å². The summed E-state index contributed by atoms with van der Waals surface area (Å²) in [6.07, 6.45) is 0. The third-order valence-corrected chi connectivity index (χ3v) is 0. The predicted octanol–water partition coefficient (Wildman–Crippen LogP) is -3.55. The van der Waals surface area contributed by atoms with E-state index in [-0.39, 0.29) is 80.7 Å². The van der Waals surface area contributed by atoms with Gasteiger partial charge in [-0.25, -0.2) is 0 Å². The van der Waals surface area contributed by atoms with E-state index in [2.05, 4.69) is 0 Å². The normalized spacial score (nSPS) is 0. The topological polar surface area (TPSA) is 0 Å². The van der Waals surface area contributed by atoms with Gasteiger partial charge in [-0.05, 0) is 0 Å². The molecule has 0 N–H and O–H groups in total. The maximum Gasteiger partial charge on any atom is 0 e. The molecule has 0 rings (SSSR count). The molecule has 0 aliphatic rings. The second-order valence-corrected chi connectivity index (χ2v) is 0. The van der Waals surface area contributed by atoms with E-state index in [0.29, 0.717) is 0 Å². The first-order valence-electron chi connectivity index (χ1n) is 0. The summed E-state index contributed by atoms with van der Waals surface area (Å²) in [6.45, 7) is 0. The largest absolute Gasteiger partial charge is 0 e. The molecule has 27 valence electrons. The standard InChI is InChI=1S/AsH3.Ga.In.Mn.6H/h1H3;;;;;;;;;. The van der Waals surface area contributed by atoms with Crippen molar-refractivity contribution < 1.29 is 17.1 Å². The Balaban J connectivity index is 0. The SMILES string of the molecule is [AsH3].[GaH3].[InH3].[Mn]. The summed E-state index contributed by atoms with van der Waals surface area (Å²) in [7, 11) is 0. The smallest absolute Gasteiger partial charge is 0 e. The van der Waals surface area contributed by atoms with Gasteiger partial charge in [-0.2, -0.15) is 0 Å². The van der Waals surface area contributed by atoms with Gasteiger partial charge in [0, 0.05) is 17.1 Å². The monoisotopic (exact) mass is 323 g/mol. The molecule has 0 amide bonds. The van der Waals surface area contributed by atoms with Crippen LogP contribution >= 0.6 is 0 Å². The first-order valence-corrected chi connectivity index (χ1v) is 0. The van der Waals surface area contributed by atoms with Gasteiger partial charge in [-0.15, -0.1) is 0 Å². The molecule has 0 nitrogen and oxygen atoms in total. The van der Waals surface area contributed by atoms with Crippen LogP contribution in [0, 0.1) is 0 Å². The minimum absolute atomic E-state index is 0. The van der Waals surface area contributed by atoms with Gasteiger partial charge < -0.3 is 0 Å². The van der Waals surface area contributed by atoms with Crippen molar-refractivity contribution >= 4 is 63.6 Å². The van der Waals surface area contributed by atoms with Gasteiger partial charge >= 0.3 is 63.6 Å². The Bertz CT molecular complexity index is 8.00. The first-order chi connectivity index (χ1) is 0. The predicted molar refractivity (Wildman–Crippen MR) is 29.8 cm³/mol. The van der Waals surface area contributed by atoms with Crippen LogP contribution in [-0.2, 0) is 17.1 Å². The molecular weight excluding hydrogens is 314 g/mol. The first kappa shape index (κ1) is 30.7. The van der Waals surface area contributed by atoms with Crippen molar-refractivity contribution in [3.8, 4) is 0 Å². The van der Waals surface area contributed by atoms with Gasteiger partial charge in [-0.1, -0.05) is 0 Å². The molecule has 1 atom stereocenters. The number of rotatable bonds is 0. The van der Waals surface area contributed by atoms with Gasteiger partial charge in [-0.3, -0.25) is 0 Å². The molecule has 0 saturated heterocycles. The van der Waals surface area contributed by atoms with Gasteiger partial charge in [0.2, 0.25) is 0 Å². The van der Waals surface area contributed by atoms with Crippen LogP contribution in [0.15, 0.2) is 0 Å². The zero-order valence-electron chi connectivity index (χ0n) is 1.09. The van der Waals surface area contributed by atoms with Crippen LogP contribution in [-0.4, -0.2) is 63.6 Å². The van der Waals surface area contributed by atoms with Gasteiger partial charge in [0.05, 0.1) is 0 Å². The van der Waals surface area contributed by atoms with Crippen molar-refractivity contribution in [1.82, 2.24) is 0 Å². The molecule has 4 heavy (non-hydrogen) atoms. The zero-order chi connectivity index (χ0) is 0. The van der Waals surface area contributed by atoms with Crippen LogP contribution in [0.2, 0.25) is 0 Å². The average molecular weight is 323 g/mol. The van der Waals surface area contributed by atoms with Crippen LogP contribution in [0.3, 0.4) is 0 Å². The van der Waals surface area contributed by atoms with Crippen molar-refractivity contribution in [3.63, 3.8) is 0 Å². The van der Waals surface area contributed by atoms with Gasteiger partial charge in [0.1, 0.15) is 0 Å². The van der Waals surface area contributed by atoms with Crippen LogP contribution < -0.4 is 0 Å². The maximum absolute atomic E-state index is 0. The zero-order valence-corrected chi connectivity index (χ0v) is 5.23. The molecule has 0 aliphatic heterocycles. The Morgan fingerprint density at radius 3 is 1.00 bits per heavy atom. The molecule has 0 aromatic rings. The summed E-state index contributed by atoms with van der Waals surface area (Å²) in [5, 5.41) is 0. The van der Waals surface area contributed by atoms with Crippen LogP contribution in [0.4, 0.5) is 0 Å². The minimum atomic E-state index is 0. The van der Waals surface area contributed by atoms with E-state index in [1.165, 1.54) is 0 Å². The summed E-state index contributed by atoms with van der Waals surface area (Å²) >= 11 is 0. The third-order valence-electron chi connectivity index (χ3n) is 0. The summed E-state index contributed by atoms with van der Waals surface area (Å²) in [5.41, 5.74) is 0. The quantitative estimate of drug-likeness (QED) is 0.405. The number of hydrogen-bond acceptors (Lipinski definition) is 0. The van der Waals surface area contributed by atoms with Crippen LogP contribution in [0.25, 0.3) is 0 Å². The van der Waals surface area contributed by atoms with E-state index in [1.807, 2.05) is 0 Å². The van der Waals surface area contributed by atoms with Crippen molar-refractivity contribution in [1.29, 1.82) is 0 Å². The summed E-state index contributed by atoms with van der Waals surface area (Å²) in [4.78, 5) is 0. The molecule has 1 unspecified atom stereocenters. The second kappa shape index (κ2) is 17.6. The molecule has 0 fully saturated rings. The number of hydrogen-bond donors (Lipinski definition) is 0. The molecule has 1 radical (unpaired) electrons. The molecule has 4 heteroatoms.